The van der Waals surface area contributed by atoms with Gasteiger partial charge < -0.3 is 4.74 Å². The van der Waals surface area contributed by atoms with Gasteiger partial charge >= 0.3 is 5.97 Å². The van der Waals surface area contributed by atoms with Gasteiger partial charge in [0.25, 0.3) is 0 Å². The second-order valence-electron chi connectivity index (χ2n) is 8.61. The molecular formula is C27H42O2. The summed E-state index contributed by atoms with van der Waals surface area (Å²) in [6.07, 6.45) is 22.6. The number of aryl methyl sites for hydroxylation is 1. The average molecular weight is 399 g/mol. The van der Waals surface area contributed by atoms with Crippen LogP contribution in [0.5, 0.6) is 0 Å². The van der Waals surface area contributed by atoms with E-state index in [-0.39, 0.29) is 12.1 Å². The van der Waals surface area contributed by atoms with Gasteiger partial charge in [-0.15, -0.1) is 0 Å². The van der Waals surface area contributed by atoms with Gasteiger partial charge in [0, 0.05) is 0 Å². The van der Waals surface area contributed by atoms with E-state index in [1.807, 2.05) is 0 Å². The van der Waals surface area contributed by atoms with E-state index in [9.17, 15) is 4.79 Å². The molecule has 1 unspecified atom stereocenters. The number of benzene rings is 1. The Bertz CT molecular complexity index is 575. The number of rotatable bonds is 17. The van der Waals surface area contributed by atoms with Crippen molar-refractivity contribution in [2.75, 3.05) is 0 Å². The molecule has 2 heteroatoms. The van der Waals surface area contributed by atoms with Gasteiger partial charge in [0.1, 0.15) is 6.10 Å². The second-order valence-corrected chi connectivity index (χ2v) is 8.61. The van der Waals surface area contributed by atoms with Crippen LogP contribution < -0.4 is 0 Å². The van der Waals surface area contributed by atoms with Crippen molar-refractivity contribution >= 4 is 5.97 Å². The molecule has 1 aliphatic heterocycles. The van der Waals surface area contributed by atoms with Gasteiger partial charge in [0.15, 0.2) is 0 Å². The molecule has 0 spiro atoms. The van der Waals surface area contributed by atoms with Crippen molar-refractivity contribution in [3.63, 3.8) is 0 Å². The summed E-state index contributed by atoms with van der Waals surface area (Å²) in [6, 6.07) is 10.6. The minimum absolute atomic E-state index is 0.0789. The van der Waals surface area contributed by atoms with E-state index in [0.29, 0.717) is 0 Å². The number of hydrogen-bond acceptors (Lipinski definition) is 2. The number of carbonyl (C=O) groups excluding carboxylic acids is 1. The summed E-state index contributed by atoms with van der Waals surface area (Å²) in [7, 11) is 0. The van der Waals surface area contributed by atoms with Gasteiger partial charge in [0.05, 0.1) is 5.57 Å². The van der Waals surface area contributed by atoms with Crippen LogP contribution in [0.4, 0.5) is 0 Å². The molecule has 1 heterocycles. The fourth-order valence-electron chi connectivity index (χ4n) is 4.13. The summed E-state index contributed by atoms with van der Waals surface area (Å²) in [5.74, 6) is -0.0823. The molecule has 2 nitrogen and oxygen atoms in total. The molecule has 1 aromatic carbocycles. The maximum Gasteiger partial charge on any atom is 0.338 e. The molecule has 29 heavy (non-hydrogen) atoms. The second kappa shape index (κ2) is 15.3. The third-order valence-electron chi connectivity index (χ3n) is 6.03. The predicted molar refractivity (Wildman–Crippen MR) is 123 cm³/mol. The fraction of sp³-hybridized carbons (Fsp3) is 0.667. The Morgan fingerprint density at radius 2 is 1.41 bits per heavy atom. The van der Waals surface area contributed by atoms with Gasteiger partial charge in [0.2, 0.25) is 0 Å². The van der Waals surface area contributed by atoms with E-state index >= 15 is 0 Å². The van der Waals surface area contributed by atoms with Crippen LogP contribution in [0, 0.1) is 0 Å². The monoisotopic (exact) mass is 398 g/mol. The first-order chi connectivity index (χ1) is 14.3. The highest BCUT2D eigenvalue weighted by Gasteiger charge is 2.34. The van der Waals surface area contributed by atoms with Crippen LogP contribution in [-0.2, 0) is 16.0 Å². The van der Waals surface area contributed by atoms with Crippen LogP contribution in [0.1, 0.15) is 109 Å². The molecule has 162 valence electrons. The number of carbonyl (C=O) groups is 1. The lowest BCUT2D eigenvalue weighted by Crippen LogP contribution is -2.36. The van der Waals surface area contributed by atoms with Gasteiger partial charge in [-0.1, -0.05) is 108 Å². The molecule has 1 saturated heterocycles. The third-order valence-corrected chi connectivity index (χ3v) is 6.03. The lowest BCUT2D eigenvalue weighted by Gasteiger charge is -2.29. The van der Waals surface area contributed by atoms with Crippen LogP contribution in [0.25, 0.3) is 0 Å². The normalized spacial score (nSPS) is 17.3. The van der Waals surface area contributed by atoms with E-state index in [4.69, 9.17) is 4.74 Å². The molecule has 0 radical (unpaired) electrons. The Morgan fingerprint density at radius 3 is 2.03 bits per heavy atom. The largest absolute Gasteiger partial charge is 0.454 e. The molecule has 0 aromatic heterocycles. The number of allylic oxidation sites excluding steroid dienone is 1. The Hall–Kier alpha value is -1.57. The highest BCUT2D eigenvalue weighted by atomic mass is 16.6. The predicted octanol–water partition coefficient (Wildman–Crippen LogP) is 7.95. The first-order valence-corrected chi connectivity index (χ1v) is 12.3. The van der Waals surface area contributed by atoms with Crippen LogP contribution >= 0.6 is 0 Å². The smallest absolute Gasteiger partial charge is 0.338 e. The third kappa shape index (κ3) is 10.1. The van der Waals surface area contributed by atoms with Crippen LogP contribution in [-0.4, -0.2) is 12.1 Å². The van der Waals surface area contributed by atoms with E-state index < -0.39 is 0 Å². The summed E-state index contributed by atoms with van der Waals surface area (Å²) in [5.41, 5.74) is 2.34. The molecule has 0 saturated carbocycles. The molecule has 0 N–H and O–H groups in total. The quantitative estimate of drug-likeness (QED) is 0.151. The highest BCUT2D eigenvalue weighted by Crippen LogP contribution is 2.27. The van der Waals surface area contributed by atoms with Crippen LogP contribution in [0.2, 0.25) is 0 Å². The van der Waals surface area contributed by atoms with Crippen molar-refractivity contribution in [1.29, 1.82) is 0 Å². The van der Waals surface area contributed by atoms with Crippen molar-refractivity contribution in [3.8, 4) is 0 Å². The number of cyclic esters (lactones) is 1. The van der Waals surface area contributed by atoms with Crippen LogP contribution in [0.15, 0.2) is 42.0 Å². The van der Waals surface area contributed by atoms with Gasteiger partial charge in [-0.25, -0.2) is 4.79 Å². The number of esters is 1. The summed E-state index contributed by atoms with van der Waals surface area (Å²) in [5, 5.41) is 0. The maximum atomic E-state index is 11.7. The molecule has 0 aliphatic carbocycles. The molecule has 1 aromatic rings. The van der Waals surface area contributed by atoms with Crippen LogP contribution in [0.3, 0.4) is 0 Å². The Kier molecular flexibility index (Phi) is 12.5. The summed E-state index contributed by atoms with van der Waals surface area (Å²) >= 11 is 0. The van der Waals surface area contributed by atoms with Crippen molar-refractivity contribution in [3.05, 3.63) is 47.5 Å². The Morgan fingerprint density at radius 1 is 0.793 bits per heavy atom. The molecule has 1 aliphatic rings. The first-order valence-electron chi connectivity index (χ1n) is 12.3. The number of hydrogen-bond donors (Lipinski definition) is 0. The fourth-order valence-corrected chi connectivity index (χ4v) is 4.13. The van der Waals surface area contributed by atoms with Crippen molar-refractivity contribution in [1.82, 2.24) is 0 Å². The topological polar surface area (TPSA) is 26.3 Å². The summed E-state index contributed by atoms with van der Waals surface area (Å²) in [6.45, 7) is 2.27. The number of ether oxygens (including phenoxy) is 1. The minimum Gasteiger partial charge on any atom is -0.454 e. The molecule has 0 bridgehead atoms. The van der Waals surface area contributed by atoms with E-state index in [2.05, 4.69) is 43.3 Å². The van der Waals surface area contributed by atoms with Gasteiger partial charge in [-0.3, -0.25) is 0 Å². The number of unbranched alkanes of at least 4 members (excludes halogenated alkanes) is 12. The molecule has 1 atom stereocenters. The van der Waals surface area contributed by atoms with Crippen molar-refractivity contribution in [2.24, 2.45) is 0 Å². The van der Waals surface area contributed by atoms with E-state index in [1.165, 1.54) is 82.6 Å². The SMILES string of the molecule is CCCCCCCCCCCCCC1OC(=O)/C1=C\CCCCc1ccccc1. The molecular weight excluding hydrogens is 356 g/mol. The zero-order chi connectivity index (χ0) is 20.6. The van der Waals surface area contributed by atoms with E-state index in [0.717, 1.165) is 31.3 Å². The van der Waals surface area contributed by atoms with Gasteiger partial charge in [-0.05, 0) is 44.1 Å². The average Bonchev–Trinajstić information content (AvgIpc) is 2.74. The lowest BCUT2D eigenvalue weighted by molar-refractivity contribution is -0.156. The molecule has 1 fully saturated rings. The Labute approximate surface area is 179 Å². The lowest BCUT2D eigenvalue weighted by atomic mass is 9.96. The summed E-state index contributed by atoms with van der Waals surface area (Å²) < 4.78 is 5.36. The highest BCUT2D eigenvalue weighted by molar-refractivity contribution is 5.95. The maximum absolute atomic E-state index is 11.7. The molecule has 2 rings (SSSR count). The van der Waals surface area contributed by atoms with Crippen molar-refractivity contribution in [2.45, 2.75) is 116 Å². The first kappa shape index (κ1) is 23.7. The van der Waals surface area contributed by atoms with Crippen molar-refractivity contribution < 1.29 is 9.53 Å². The molecule has 0 amide bonds. The summed E-state index contributed by atoms with van der Waals surface area (Å²) in [4.78, 5) is 11.7. The zero-order valence-corrected chi connectivity index (χ0v) is 18.7. The van der Waals surface area contributed by atoms with E-state index in [1.54, 1.807) is 0 Å². The Balaban J connectivity index is 1.45. The zero-order valence-electron chi connectivity index (χ0n) is 18.7. The minimum atomic E-state index is -0.0823. The van der Waals surface area contributed by atoms with Gasteiger partial charge in [-0.2, -0.15) is 0 Å². The standard InChI is InChI=1S/C27H42O2/c1-2-3-4-5-6-7-8-9-10-11-18-23-26-25(27(28)29-26)22-17-13-16-21-24-19-14-12-15-20-24/h12,14-15,19-20,22,26H,2-11,13,16-18,21,23H2,1H3/b25-22-.